The zero-order chi connectivity index (χ0) is 22.1. The first-order chi connectivity index (χ1) is 14.8. The minimum atomic E-state index is -0.739. The average Bonchev–Trinajstić information content (AvgIpc) is 3.17. The molecule has 0 spiro atoms. The Morgan fingerprint density at radius 2 is 1.81 bits per heavy atom. The molecule has 0 aromatic heterocycles. The van der Waals surface area contributed by atoms with E-state index < -0.39 is 23.4 Å². The number of rotatable bonds is 4. The van der Waals surface area contributed by atoms with Crippen molar-refractivity contribution in [3.63, 3.8) is 0 Å². The lowest BCUT2D eigenvalue weighted by atomic mass is 10.1. The summed E-state index contributed by atoms with van der Waals surface area (Å²) in [5.41, 5.74) is 2.21. The van der Waals surface area contributed by atoms with E-state index in [2.05, 4.69) is 5.32 Å². The SMILES string of the molecule is O=C(NCc1ccc2c(c1)CCN2C(=O)c1cccc(Cl)c1F)c1ccc(Cl)cc1F. The normalized spacial score (nSPS) is 12.6. The monoisotopic (exact) mass is 460 g/mol. The van der Waals surface area contributed by atoms with E-state index in [1.54, 1.807) is 12.1 Å². The van der Waals surface area contributed by atoms with Gasteiger partial charge in [-0.1, -0.05) is 41.4 Å². The van der Waals surface area contributed by atoms with Crippen molar-refractivity contribution in [2.75, 3.05) is 11.4 Å². The molecule has 1 heterocycles. The number of carbonyl (C=O) groups is 2. The molecule has 0 aliphatic carbocycles. The Balaban J connectivity index is 1.48. The highest BCUT2D eigenvalue weighted by Crippen LogP contribution is 2.31. The van der Waals surface area contributed by atoms with E-state index in [0.29, 0.717) is 18.7 Å². The van der Waals surface area contributed by atoms with Gasteiger partial charge in [0.05, 0.1) is 16.1 Å². The molecule has 3 aromatic carbocycles. The van der Waals surface area contributed by atoms with Gasteiger partial charge in [0.25, 0.3) is 11.8 Å². The molecule has 1 N–H and O–H groups in total. The Bertz CT molecular complexity index is 1200. The molecular weight excluding hydrogens is 445 g/mol. The second-order valence-corrected chi connectivity index (χ2v) is 7.92. The molecule has 0 unspecified atom stereocenters. The fraction of sp³-hybridized carbons (Fsp3) is 0.130. The third-order valence-corrected chi connectivity index (χ3v) is 5.62. The summed E-state index contributed by atoms with van der Waals surface area (Å²) in [5, 5.41) is 2.78. The van der Waals surface area contributed by atoms with E-state index >= 15 is 0 Å². The van der Waals surface area contributed by atoms with Crippen LogP contribution in [-0.4, -0.2) is 18.4 Å². The Morgan fingerprint density at radius 1 is 1.00 bits per heavy atom. The maximum Gasteiger partial charge on any atom is 0.261 e. The minimum absolute atomic E-state index is 0.0818. The predicted octanol–water partition coefficient (Wildman–Crippen LogP) is 5.40. The molecule has 0 atom stereocenters. The van der Waals surface area contributed by atoms with Gasteiger partial charge in [-0.2, -0.15) is 0 Å². The summed E-state index contributed by atoms with van der Waals surface area (Å²) in [5.74, 6) is -2.45. The highest BCUT2D eigenvalue weighted by molar-refractivity contribution is 6.31. The number of fused-ring (bicyclic) bond motifs is 1. The minimum Gasteiger partial charge on any atom is -0.348 e. The highest BCUT2D eigenvalue weighted by Gasteiger charge is 2.28. The van der Waals surface area contributed by atoms with Crippen molar-refractivity contribution in [2.45, 2.75) is 13.0 Å². The van der Waals surface area contributed by atoms with Crippen molar-refractivity contribution >= 4 is 40.7 Å². The number of halogens is 4. The fourth-order valence-corrected chi connectivity index (χ4v) is 3.87. The summed E-state index contributed by atoms with van der Waals surface area (Å²) >= 11 is 11.5. The van der Waals surface area contributed by atoms with Crippen molar-refractivity contribution in [3.05, 3.63) is 98.5 Å². The van der Waals surface area contributed by atoms with Crippen molar-refractivity contribution in [1.82, 2.24) is 5.32 Å². The van der Waals surface area contributed by atoms with Crippen molar-refractivity contribution in [1.29, 1.82) is 0 Å². The molecule has 0 fully saturated rings. The summed E-state index contributed by atoms with van der Waals surface area (Å²) in [6.45, 7) is 0.594. The standard InChI is InChI=1S/C23H16Cl2F2N2O2/c24-15-5-6-16(19(26)11-15)22(30)28-12-13-4-7-20-14(10-13)8-9-29(20)23(31)17-2-1-3-18(25)21(17)27/h1-7,10-11H,8-9,12H2,(H,28,30). The van der Waals surface area contributed by atoms with E-state index in [0.717, 1.165) is 17.2 Å². The molecule has 0 radical (unpaired) electrons. The number of nitrogens with zero attached hydrogens (tertiary/aromatic N) is 1. The van der Waals surface area contributed by atoms with Crippen LogP contribution in [0.4, 0.5) is 14.5 Å². The average molecular weight is 461 g/mol. The van der Waals surface area contributed by atoms with Gasteiger partial charge in [-0.05, 0) is 53.9 Å². The Hall–Kier alpha value is -2.96. The van der Waals surface area contributed by atoms with Gasteiger partial charge in [-0.25, -0.2) is 8.78 Å². The summed E-state index contributed by atoms with van der Waals surface area (Å²) in [6, 6.07) is 13.6. The molecule has 0 bridgehead atoms. The number of nitrogens with one attached hydrogen (secondary N) is 1. The van der Waals surface area contributed by atoms with Crippen LogP contribution in [0.25, 0.3) is 0 Å². The first-order valence-electron chi connectivity index (χ1n) is 9.46. The zero-order valence-corrected chi connectivity index (χ0v) is 17.6. The first-order valence-corrected chi connectivity index (χ1v) is 10.2. The maximum atomic E-state index is 14.3. The molecule has 1 aliphatic heterocycles. The summed E-state index contributed by atoms with van der Waals surface area (Å²) in [6.07, 6.45) is 0.594. The van der Waals surface area contributed by atoms with Gasteiger partial charge in [0.1, 0.15) is 5.82 Å². The summed E-state index contributed by atoms with van der Waals surface area (Å²) in [7, 11) is 0. The lowest BCUT2D eigenvalue weighted by Crippen LogP contribution is -2.29. The molecule has 4 nitrogen and oxygen atoms in total. The van der Waals surface area contributed by atoms with Crippen LogP contribution >= 0.6 is 23.2 Å². The lowest BCUT2D eigenvalue weighted by Gasteiger charge is -2.18. The van der Waals surface area contributed by atoms with E-state index in [1.165, 1.54) is 35.2 Å². The first kappa shape index (κ1) is 21.3. The van der Waals surface area contributed by atoms with Crippen LogP contribution in [0.5, 0.6) is 0 Å². The van der Waals surface area contributed by atoms with E-state index in [4.69, 9.17) is 23.2 Å². The van der Waals surface area contributed by atoms with Crippen molar-refractivity contribution in [2.24, 2.45) is 0 Å². The Kier molecular flexibility index (Phi) is 5.94. The number of amides is 2. The number of anilines is 1. The van der Waals surface area contributed by atoms with Crippen LogP contribution in [0.15, 0.2) is 54.6 Å². The lowest BCUT2D eigenvalue weighted by molar-refractivity contribution is 0.0945. The molecular formula is C23H16Cl2F2N2O2. The van der Waals surface area contributed by atoms with Crippen LogP contribution in [0, 0.1) is 11.6 Å². The van der Waals surface area contributed by atoms with Gasteiger partial charge >= 0.3 is 0 Å². The molecule has 3 aromatic rings. The number of benzene rings is 3. The predicted molar refractivity (Wildman–Crippen MR) is 116 cm³/mol. The quantitative estimate of drug-likeness (QED) is 0.566. The summed E-state index contributed by atoms with van der Waals surface area (Å²) in [4.78, 5) is 26.6. The third-order valence-electron chi connectivity index (χ3n) is 5.10. The van der Waals surface area contributed by atoms with E-state index in [-0.39, 0.29) is 27.7 Å². The van der Waals surface area contributed by atoms with Crippen LogP contribution in [0.1, 0.15) is 31.8 Å². The van der Waals surface area contributed by atoms with Gasteiger partial charge < -0.3 is 10.2 Å². The number of hydrogen-bond donors (Lipinski definition) is 1. The molecule has 2 amide bonds. The van der Waals surface area contributed by atoms with Crippen LogP contribution in [0.2, 0.25) is 10.0 Å². The molecule has 0 saturated carbocycles. The highest BCUT2D eigenvalue weighted by atomic mass is 35.5. The van der Waals surface area contributed by atoms with Gasteiger partial charge in [-0.15, -0.1) is 0 Å². The number of carbonyl (C=O) groups excluding carboxylic acids is 2. The molecule has 8 heteroatoms. The van der Waals surface area contributed by atoms with E-state index in [1.807, 2.05) is 6.07 Å². The third kappa shape index (κ3) is 4.27. The van der Waals surface area contributed by atoms with Crippen LogP contribution < -0.4 is 10.2 Å². The van der Waals surface area contributed by atoms with E-state index in [9.17, 15) is 18.4 Å². The van der Waals surface area contributed by atoms with Crippen molar-refractivity contribution in [3.8, 4) is 0 Å². The van der Waals surface area contributed by atoms with Gasteiger partial charge in [0, 0.05) is 23.8 Å². The summed E-state index contributed by atoms with van der Waals surface area (Å²) < 4.78 is 28.2. The molecule has 1 aliphatic rings. The molecule has 31 heavy (non-hydrogen) atoms. The molecule has 4 rings (SSSR count). The van der Waals surface area contributed by atoms with Gasteiger partial charge in [0.2, 0.25) is 0 Å². The maximum absolute atomic E-state index is 14.3. The second kappa shape index (κ2) is 8.65. The molecule has 158 valence electrons. The topological polar surface area (TPSA) is 49.4 Å². The molecule has 0 saturated heterocycles. The fourth-order valence-electron chi connectivity index (χ4n) is 3.54. The zero-order valence-electron chi connectivity index (χ0n) is 16.1. The largest absolute Gasteiger partial charge is 0.348 e. The van der Waals surface area contributed by atoms with Crippen LogP contribution in [0.3, 0.4) is 0 Å². The number of hydrogen-bond acceptors (Lipinski definition) is 2. The Morgan fingerprint density at radius 3 is 2.58 bits per heavy atom. The second-order valence-electron chi connectivity index (χ2n) is 7.08. The smallest absolute Gasteiger partial charge is 0.261 e. The van der Waals surface area contributed by atoms with Gasteiger partial charge in [-0.3, -0.25) is 9.59 Å². The van der Waals surface area contributed by atoms with Crippen molar-refractivity contribution < 1.29 is 18.4 Å². The van der Waals surface area contributed by atoms with Gasteiger partial charge in [0.15, 0.2) is 5.82 Å². The Labute approximate surface area is 187 Å². The van der Waals surface area contributed by atoms with Crippen LogP contribution in [-0.2, 0) is 13.0 Å².